The summed E-state index contributed by atoms with van der Waals surface area (Å²) in [6, 6.07) is 13.6. The Hall–Kier alpha value is -3.85. The fourth-order valence-electron chi connectivity index (χ4n) is 3.26. The van der Waals surface area contributed by atoms with Gasteiger partial charge in [-0.3, -0.25) is 19.4 Å². The third kappa shape index (κ3) is 4.51. The van der Waals surface area contributed by atoms with Crippen molar-refractivity contribution in [3.63, 3.8) is 0 Å². The highest BCUT2D eigenvalue weighted by Gasteiger charge is 2.34. The fourth-order valence-corrected chi connectivity index (χ4v) is 3.45. The number of fused-ring (bicyclic) bond motifs is 1. The van der Waals surface area contributed by atoms with E-state index in [1.165, 1.54) is 0 Å². The Morgan fingerprint density at radius 3 is 2.65 bits per heavy atom. The molecule has 4 N–H and O–H groups in total. The Kier molecular flexibility index (Phi) is 5.59. The number of ether oxygens (including phenoxy) is 1. The third-order valence-corrected chi connectivity index (χ3v) is 4.95. The minimum atomic E-state index is -0.984. The third-order valence-electron chi connectivity index (χ3n) is 4.71. The van der Waals surface area contributed by atoms with Crippen LogP contribution in [0.5, 0.6) is 5.75 Å². The number of methoxy groups -OCH3 is 1. The zero-order valence-electron chi connectivity index (χ0n) is 16.4. The van der Waals surface area contributed by atoms with Crippen LogP contribution < -0.4 is 26.2 Å². The van der Waals surface area contributed by atoms with Gasteiger partial charge in [-0.2, -0.15) is 4.98 Å². The molecule has 158 valence electrons. The average molecular weight is 440 g/mol. The van der Waals surface area contributed by atoms with Crippen LogP contribution in [0.4, 0.5) is 23.1 Å². The van der Waals surface area contributed by atoms with Crippen LogP contribution >= 0.6 is 11.6 Å². The maximum absolute atomic E-state index is 12.9. The molecule has 0 spiro atoms. The Morgan fingerprint density at radius 1 is 1.16 bits per heavy atom. The van der Waals surface area contributed by atoms with Gasteiger partial charge in [-0.1, -0.05) is 17.7 Å². The van der Waals surface area contributed by atoms with E-state index in [1.54, 1.807) is 55.6 Å². The minimum absolute atomic E-state index is 0.0411. The van der Waals surface area contributed by atoms with E-state index in [9.17, 15) is 14.4 Å². The molecule has 0 radical (unpaired) electrons. The summed E-state index contributed by atoms with van der Waals surface area (Å²) >= 11 is 5.97. The number of carbonyl (C=O) groups is 2. The van der Waals surface area contributed by atoms with Crippen molar-refractivity contribution in [2.45, 2.75) is 12.3 Å². The summed E-state index contributed by atoms with van der Waals surface area (Å²) in [5.41, 5.74) is 0.695. The summed E-state index contributed by atoms with van der Waals surface area (Å²) < 4.78 is 5.09. The van der Waals surface area contributed by atoms with Crippen molar-refractivity contribution in [3.05, 3.63) is 69.5 Å². The number of anilines is 4. The lowest BCUT2D eigenvalue weighted by Gasteiger charge is -2.23. The van der Waals surface area contributed by atoms with Crippen LogP contribution in [0.2, 0.25) is 5.02 Å². The highest BCUT2D eigenvalue weighted by Crippen LogP contribution is 2.30. The number of H-pyrrole nitrogens is 1. The molecule has 0 saturated carbocycles. The topological polar surface area (TPSA) is 125 Å². The summed E-state index contributed by atoms with van der Waals surface area (Å²) in [4.78, 5) is 44.7. The highest BCUT2D eigenvalue weighted by atomic mass is 35.5. The minimum Gasteiger partial charge on any atom is -0.497 e. The van der Waals surface area contributed by atoms with Crippen molar-refractivity contribution in [2.24, 2.45) is 0 Å². The number of aromatic nitrogens is 2. The second kappa shape index (κ2) is 8.49. The first-order chi connectivity index (χ1) is 14.9. The number of hydrogen-bond donors (Lipinski definition) is 4. The molecule has 2 aromatic carbocycles. The van der Waals surface area contributed by atoms with E-state index in [1.807, 2.05) is 0 Å². The predicted molar refractivity (Wildman–Crippen MR) is 117 cm³/mol. The molecule has 3 aromatic rings. The van der Waals surface area contributed by atoms with E-state index < -0.39 is 23.3 Å². The van der Waals surface area contributed by atoms with E-state index in [4.69, 9.17) is 16.3 Å². The molecule has 1 aliphatic heterocycles. The van der Waals surface area contributed by atoms with Gasteiger partial charge in [0.1, 0.15) is 11.6 Å². The molecule has 0 bridgehead atoms. The normalized spacial score (nSPS) is 14.9. The second-order valence-electron chi connectivity index (χ2n) is 6.83. The highest BCUT2D eigenvalue weighted by molar-refractivity contribution is 6.30. The van der Waals surface area contributed by atoms with Crippen LogP contribution in [0, 0.1) is 0 Å². The largest absolute Gasteiger partial charge is 0.497 e. The monoisotopic (exact) mass is 439 g/mol. The van der Waals surface area contributed by atoms with E-state index >= 15 is 0 Å². The summed E-state index contributed by atoms with van der Waals surface area (Å²) in [6.45, 7) is 0. The summed E-state index contributed by atoms with van der Waals surface area (Å²) in [5, 5.41) is 8.74. The summed E-state index contributed by atoms with van der Waals surface area (Å²) in [6.07, 6.45) is -0.166. The SMILES string of the molecule is COc1ccc(NC(=O)C2CC(=O)Nc3nc(Nc4cccc(Cl)c4)[nH]c(=O)c32)cc1. The Morgan fingerprint density at radius 2 is 1.94 bits per heavy atom. The van der Waals surface area contributed by atoms with Crippen LogP contribution in [0.3, 0.4) is 0 Å². The summed E-state index contributed by atoms with van der Waals surface area (Å²) in [5.74, 6) is -1.08. The lowest BCUT2D eigenvalue weighted by molar-refractivity contribution is -0.123. The molecule has 1 aromatic heterocycles. The first-order valence-electron chi connectivity index (χ1n) is 9.34. The van der Waals surface area contributed by atoms with Crippen molar-refractivity contribution in [1.82, 2.24) is 9.97 Å². The van der Waals surface area contributed by atoms with Gasteiger partial charge in [-0.15, -0.1) is 0 Å². The van der Waals surface area contributed by atoms with E-state index in [0.29, 0.717) is 22.1 Å². The number of carbonyl (C=O) groups excluding carboxylic acids is 2. The van der Waals surface area contributed by atoms with Gasteiger partial charge in [-0.05, 0) is 42.5 Å². The molecule has 0 saturated heterocycles. The Bertz CT molecular complexity index is 1210. The van der Waals surface area contributed by atoms with Crippen molar-refractivity contribution >= 4 is 46.6 Å². The van der Waals surface area contributed by atoms with Crippen molar-refractivity contribution in [2.75, 3.05) is 23.1 Å². The number of nitrogens with one attached hydrogen (secondary N) is 4. The molecular formula is C21H18ClN5O4. The molecular weight excluding hydrogens is 422 g/mol. The molecule has 1 aliphatic rings. The van der Waals surface area contributed by atoms with Crippen molar-refractivity contribution < 1.29 is 14.3 Å². The average Bonchev–Trinajstić information content (AvgIpc) is 2.73. The number of benzene rings is 2. The van der Waals surface area contributed by atoms with Gasteiger partial charge >= 0.3 is 0 Å². The molecule has 31 heavy (non-hydrogen) atoms. The van der Waals surface area contributed by atoms with Gasteiger partial charge in [0.2, 0.25) is 17.8 Å². The number of amides is 2. The zero-order chi connectivity index (χ0) is 22.0. The van der Waals surface area contributed by atoms with E-state index in [-0.39, 0.29) is 23.8 Å². The van der Waals surface area contributed by atoms with Crippen LogP contribution in [0.25, 0.3) is 0 Å². The van der Waals surface area contributed by atoms with Gasteiger partial charge in [-0.25, -0.2) is 0 Å². The molecule has 9 nitrogen and oxygen atoms in total. The number of nitrogens with zero attached hydrogens (tertiary/aromatic N) is 1. The maximum Gasteiger partial charge on any atom is 0.258 e. The molecule has 2 heterocycles. The molecule has 0 aliphatic carbocycles. The molecule has 10 heteroatoms. The molecule has 0 fully saturated rings. The summed E-state index contributed by atoms with van der Waals surface area (Å²) in [7, 11) is 1.54. The lowest BCUT2D eigenvalue weighted by atomic mass is 9.92. The van der Waals surface area contributed by atoms with Crippen LogP contribution in [0.1, 0.15) is 17.9 Å². The first-order valence-corrected chi connectivity index (χ1v) is 9.72. The first kappa shape index (κ1) is 20.4. The number of halogens is 1. The van der Waals surface area contributed by atoms with Gasteiger partial charge in [0, 0.05) is 22.8 Å². The quantitative estimate of drug-likeness (QED) is 0.483. The van der Waals surface area contributed by atoms with E-state index in [0.717, 1.165) is 0 Å². The van der Waals surface area contributed by atoms with Crippen molar-refractivity contribution in [1.29, 1.82) is 0 Å². The zero-order valence-corrected chi connectivity index (χ0v) is 17.1. The molecule has 4 rings (SSSR count). The lowest BCUT2D eigenvalue weighted by Crippen LogP contribution is -2.36. The van der Waals surface area contributed by atoms with Gasteiger partial charge < -0.3 is 20.7 Å². The van der Waals surface area contributed by atoms with E-state index in [2.05, 4.69) is 25.9 Å². The molecule has 1 unspecified atom stereocenters. The number of aromatic amines is 1. The smallest absolute Gasteiger partial charge is 0.258 e. The van der Waals surface area contributed by atoms with Gasteiger partial charge in [0.25, 0.3) is 5.56 Å². The standard InChI is InChI=1S/C21H18ClN5O4/c1-31-14-7-5-12(6-8-14)23-19(29)15-10-16(28)25-18-17(15)20(30)27-21(26-18)24-13-4-2-3-11(22)9-13/h2-9,15H,10H2,1H3,(H,23,29)(H3,24,25,26,27,28,30). The number of hydrogen-bond acceptors (Lipinski definition) is 6. The van der Waals surface area contributed by atoms with Crippen LogP contribution in [0.15, 0.2) is 53.3 Å². The second-order valence-corrected chi connectivity index (χ2v) is 7.27. The van der Waals surface area contributed by atoms with Crippen molar-refractivity contribution in [3.8, 4) is 5.75 Å². The molecule has 1 atom stereocenters. The van der Waals surface area contributed by atoms with Crippen LogP contribution in [-0.4, -0.2) is 28.9 Å². The maximum atomic E-state index is 12.9. The Balaban J connectivity index is 1.61. The van der Waals surface area contributed by atoms with Gasteiger partial charge in [0.05, 0.1) is 18.6 Å². The van der Waals surface area contributed by atoms with Crippen LogP contribution in [-0.2, 0) is 9.59 Å². The fraction of sp³-hybridized carbons (Fsp3) is 0.143. The Labute approximate surface area is 181 Å². The van der Waals surface area contributed by atoms with Gasteiger partial charge in [0.15, 0.2) is 0 Å². The molecule has 2 amide bonds. The predicted octanol–water partition coefficient (Wildman–Crippen LogP) is 3.24. The number of rotatable bonds is 5.